The number of aromatic nitrogens is 3. The number of nitrogens with zero attached hydrogens (tertiary/aromatic N) is 3. The summed E-state index contributed by atoms with van der Waals surface area (Å²) in [4.78, 5) is 20.6. The van der Waals surface area contributed by atoms with E-state index < -0.39 is 5.97 Å². The monoisotopic (exact) mass is 334 g/mol. The largest absolute Gasteiger partial charge is 0.462 e. The number of hydrogen-bond acceptors (Lipinski definition) is 5. The Morgan fingerprint density at radius 3 is 3.04 bits per heavy atom. The van der Waals surface area contributed by atoms with Crippen LogP contribution in [-0.4, -0.2) is 41.5 Å². The van der Waals surface area contributed by atoms with Gasteiger partial charge >= 0.3 is 5.97 Å². The van der Waals surface area contributed by atoms with E-state index in [1.807, 2.05) is 22.9 Å². The molecule has 6 nitrogen and oxygen atoms in total. The lowest BCUT2D eigenvalue weighted by Crippen LogP contribution is -2.14. The summed E-state index contributed by atoms with van der Waals surface area (Å²) in [7, 11) is 5.91. The molecule has 2 heterocycles. The second-order valence-electron chi connectivity index (χ2n) is 5.62. The summed E-state index contributed by atoms with van der Waals surface area (Å²) in [5.41, 5.74) is 2.53. The van der Waals surface area contributed by atoms with Crippen molar-refractivity contribution in [2.24, 2.45) is 0 Å². The first-order chi connectivity index (χ1) is 12.2. The second-order valence-corrected chi connectivity index (χ2v) is 5.62. The van der Waals surface area contributed by atoms with Gasteiger partial charge in [0.05, 0.1) is 24.1 Å². The molecule has 3 aromatic rings. The molecule has 0 bridgehead atoms. The zero-order valence-electron chi connectivity index (χ0n) is 14.1. The van der Waals surface area contributed by atoms with E-state index in [4.69, 9.17) is 12.6 Å². The maximum atomic E-state index is 12.3. The van der Waals surface area contributed by atoms with Crippen LogP contribution in [0, 0.1) is 0 Å². The maximum absolute atomic E-state index is 12.3. The van der Waals surface area contributed by atoms with E-state index in [-0.39, 0.29) is 0 Å². The fraction of sp³-hybridized carbons (Fsp3) is 0.278. The first-order valence-corrected chi connectivity index (χ1v) is 8.24. The number of hydrogen-bond donors (Lipinski definition) is 1. The third-order valence-electron chi connectivity index (χ3n) is 3.84. The minimum atomic E-state index is -0.392. The van der Waals surface area contributed by atoms with Crippen LogP contribution in [-0.2, 0) is 11.3 Å². The van der Waals surface area contributed by atoms with Crippen molar-refractivity contribution in [1.82, 2.24) is 14.5 Å². The molecular formula is C18H19BN4O2. The van der Waals surface area contributed by atoms with E-state index >= 15 is 0 Å². The van der Waals surface area contributed by atoms with Gasteiger partial charge in [-0.2, -0.15) is 0 Å². The highest BCUT2D eigenvalue weighted by Gasteiger charge is 2.16. The zero-order valence-corrected chi connectivity index (χ0v) is 14.1. The fourth-order valence-electron chi connectivity index (χ4n) is 2.66. The Bertz CT molecular complexity index is 865. The minimum Gasteiger partial charge on any atom is -0.462 e. The van der Waals surface area contributed by atoms with Gasteiger partial charge in [-0.1, -0.05) is 17.6 Å². The van der Waals surface area contributed by atoms with E-state index in [9.17, 15) is 4.79 Å². The first-order valence-electron chi connectivity index (χ1n) is 8.24. The quantitative estimate of drug-likeness (QED) is 0.406. The molecule has 2 aromatic heterocycles. The van der Waals surface area contributed by atoms with Crippen LogP contribution < -0.4 is 10.8 Å². The summed E-state index contributed by atoms with van der Waals surface area (Å²) in [5, 5.41) is 4.17. The van der Waals surface area contributed by atoms with Crippen LogP contribution in [0.2, 0.25) is 0 Å². The van der Waals surface area contributed by atoms with E-state index in [1.165, 1.54) is 0 Å². The van der Waals surface area contributed by atoms with Crippen molar-refractivity contribution >= 4 is 35.9 Å². The van der Waals surface area contributed by atoms with Gasteiger partial charge < -0.3 is 14.6 Å². The number of aryl methyl sites for hydroxylation is 1. The van der Waals surface area contributed by atoms with Crippen LogP contribution in [0.5, 0.6) is 0 Å². The summed E-state index contributed by atoms with van der Waals surface area (Å²) >= 11 is 0. The molecule has 0 atom stereocenters. The Hall–Kier alpha value is -2.83. The number of ether oxygens (including phenoxy) is 1. The number of carbonyl (C=O) groups excluding carboxylic acids is 1. The van der Waals surface area contributed by atoms with Crippen molar-refractivity contribution in [3.63, 3.8) is 0 Å². The van der Waals surface area contributed by atoms with Crippen molar-refractivity contribution in [1.29, 1.82) is 0 Å². The Balaban J connectivity index is 1.84. The molecule has 0 aliphatic carbocycles. The van der Waals surface area contributed by atoms with E-state index in [2.05, 4.69) is 15.3 Å². The molecule has 1 aromatic carbocycles. The molecule has 0 spiro atoms. The van der Waals surface area contributed by atoms with Gasteiger partial charge in [0.25, 0.3) is 0 Å². The van der Waals surface area contributed by atoms with Crippen molar-refractivity contribution < 1.29 is 9.53 Å². The second kappa shape index (κ2) is 7.83. The fourth-order valence-corrected chi connectivity index (χ4v) is 2.66. The molecule has 126 valence electrons. The molecule has 0 aliphatic rings. The van der Waals surface area contributed by atoms with E-state index in [0.29, 0.717) is 29.9 Å². The van der Waals surface area contributed by atoms with Crippen LogP contribution in [0.4, 0.5) is 5.69 Å². The highest BCUT2D eigenvalue weighted by Crippen LogP contribution is 2.26. The number of carbonyl (C=O) groups is 1. The van der Waals surface area contributed by atoms with Gasteiger partial charge in [-0.3, -0.25) is 4.98 Å². The van der Waals surface area contributed by atoms with Gasteiger partial charge in [-0.25, -0.2) is 9.78 Å². The smallest absolute Gasteiger partial charge is 0.341 e. The van der Waals surface area contributed by atoms with Gasteiger partial charge in [-0.05, 0) is 19.4 Å². The van der Waals surface area contributed by atoms with Crippen molar-refractivity contribution in [2.75, 3.05) is 18.5 Å². The van der Waals surface area contributed by atoms with Gasteiger partial charge in [0.2, 0.25) is 0 Å². The van der Waals surface area contributed by atoms with Gasteiger partial charge in [0.1, 0.15) is 13.4 Å². The molecule has 0 unspecified atom stereocenters. The molecule has 1 N–H and O–H groups in total. The lowest BCUT2D eigenvalue weighted by atomic mass is 9.93. The molecule has 7 heteroatoms. The summed E-state index contributed by atoms with van der Waals surface area (Å²) in [6.45, 7) is 3.63. The van der Waals surface area contributed by atoms with Gasteiger partial charge in [-0.15, -0.1) is 0 Å². The third kappa shape index (κ3) is 3.99. The van der Waals surface area contributed by atoms with Crippen LogP contribution in [0.3, 0.4) is 0 Å². The molecule has 2 radical (unpaired) electrons. The number of anilines is 1. The number of esters is 1. The molecule has 0 fully saturated rings. The predicted molar refractivity (Wildman–Crippen MR) is 98.4 cm³/mol. The number of pyridine rings is 1. The lowest BCUT2D eigenvalue weighted by Gasteiger charge is -2.14. The molecule has 0 aliphatic heterocycles. The molecule has 3 rings (SSSR count). The van der Waals surface area contributed by atoms with Crippen LogP contribution >= 0.6 is 0 Å². The van der Waals surface area contributed by atoms with Crippen molar-refractivity contribution in [2.45, 2.75) is 19.9 Å². The van der Waals surface area contributed by atoms with Crippen molar-refractivity contribution in [3.8, 4) is 0 Å². The Morgan fingerprint density at radius 1 is 1.40 bits per heavy atom. The molecule has 0 saturated heterocycles. The molecule has 0 saturated carbocycles. The maximum Gasteiger partial charge on any atom is 0.341 e. The molecule has 25 heavy (non-hydrogen) atoms. The SMILES string of the molecule is [B]c1ccc2ncc(C(=O)OCC)c(NCCCn3ccnc3)c2c1. The predicted octanol–water partition coefficient (Wildman–Crippen LogP) is 1.90. The number of rotatable bonds is 7. The van der Waals surface area contributed by atoms with Crippen LogP contribution in [0.25, 0.3) is 10.9 Å². The number of benzene rings is 1. The van der Waals surface area contributed by atoms with Crippen LogP contribution in [0.15, 0.2) is 43.1 Å². The van der Waals surface area contributed by atoms with E-state index in [0.717, 1.165) is 23.9 Å². The molecule has 0 amide bonds. The highest BCUT2D eigenvalue weighted by molar-refractivity contribution is 6.33. The van der Waals surface area contributed by atoms with Crippen molar-refractivity contribution in [3.05, 3.63) is 48.7 Å². The Kier molecular flexibility index (Phi) is 5.33. The van der Waals surface area contributed by atoms with E-state index in [1.54, 1.807) is 31.7 Å². The summed E-state index contributed by atoms with van der Waals surface area (Å²) in [6.07, 6.45) is 7.89. The van der Waals surface area contributed by atoms with Crippen LogP contribution in [0.1, 0.15) is 23.7 Å². The summed E-state index contributed by atoms with van der Waals surface area (Å²) < 4.78 is 7.16. The normalized spacial score (nSPS) is 10.8. The summed E-state index contributed by atoms with van der Waals surface area (Å²) in [5.74, 6) is -0.392. The number of nitrogens with one attached hydrogen (secondary N) is 1. The topological polar surface area (TPSA) is 69.0 Å². The molecular weight excluding hydrogens is 315 g/mol. The standard InChI is InChI=1S/C18H19BN4O2/c1-2-25-18(24)15-11-22-16-5-4-13(19)10-14(16)17(15)21-6-3-8-23-9-7-20-12-23/h4-5,7,9-12H,2-3,6,8H2,1H3,(H,21,22). The lowest BCUT2D eigenvalue weighted by molar-refractivity contribution is 0.0527. The average Bonchev–Trinajstić information content (AvgIpc) is 3.12. The average molecular weight is 334 g/mol. The minimum absolute atomic E-state index is 0.313. The van der Waals surface area contributed by atoms with Gasteiger partial charge in [0, 0.05) is 37.1 Å². The highest BCUT2D eigenvalue weighted by atomic mass is 16.5. The number of fused-ring (bicyclic) bond motifs is 1. The van der Waals surface area contributed by atoms with Gasteiger partial charge in [0.15, 0.2) is 0 Å². The third-order valence-corrected chi connectivity index (χ3v) is 3.84. The Labute approximate surface area is 147 Å². The summed E-state index contributed by atoms with van der Waals surface area (Å²) in [6, 6.07) is 5.46. The first kappa shape index (κ1) is 17.0. The Morgan fingerprint density at radius 2 is 2.28 bits per heavy atom. The zero-order chi connectivity index (χ0) is 17.6. The number of imidazole rings is 1.